The van der Waals surface area contributed by atoms with Crippen LogP contribution in [0.25, 0.3) is 0 Å². The van der Waals surface area contributed by atoms with Gasteiger partial charge in [0, 0.05) is 31.5 Å². The lowest BCUT2D eigenvalue weighted by molar-refractivity contribution is -0.133. The highest BCUT2D eigenvalue weighted by Gasteiger charge is 2.34. The number of carbonyl (C=O) groups is 3. The minimum absolute atomic E-state index is 0.0570. The van der Waals surface area contributed by atoms with Gasteiger partial charge in [-0.3, -0.25) is 9.59 Å². The number of carboxylic acids is 1. The van der Waals surface area contributed by atoms with Crippen molar-refractivity contribution in [1.82, 2.24) is 4.90 Å². The molecule has 1 atom stereocenters. The first kappa shape index (κ1) is 24.3. The zero-order valence-electron chi connectivity index (χ0n) is 19.1. The number of benzene rings is 2. The van der Waals surface area contributed by atoms with E-state index in [0.29, 0.717) is 23.7 Å². The van der Waals surface area contributed by atoms with Crippen LogP contribution in [0.1, 0.15) is 47.6 Å². The Bertz CT molecular complexity index is 969. The molecule has 0 aliphatic heterocycles. The number of anilines is 2. The number of nitrogens with zero attached hydrogens (tertiary/aromatic N) is 2. The summed E-state index contributed by atoms with van der Waals surface area (Å²) in [7, 11) is 3.84. The van der Waals surface area contributed by atoms with Crippen molar-refractivity contribution in [2.24, 2.45) is 11.7 Å². The minimum Gasteiger partial charge on any atom is -0.478 e. The second kappa shape index (κ2) is 11.0. The zero-order chi connectivity index (χ0) is 24.0. The summed E-state index contributed by atoms with van der Waals surface area (Å²) in [6.45, 7) is 0.634. The quantitative estimate of drug-likeness (QED) is 0.504. The van der Waals surface area contributed by atoms with Crippen molar-refractivity contribution in [3.63, 3.8) is 0 Å². The number of amides is 2. The van der Waals surface area contributed by atoms with E-state index in [4.69, 9.17) is 10.8 Å². The molecule has 2 aromatic carbocycles. The van der Waals surface area contributed by atoms with Gasteiger partial charge in [-0.05, 0) is 80.1 Å². The molecule has 0 spiro atoms. The molecule has 1 aliphatic carbocycles. The molecule has 2 aromatic rings. The average Bonchev–Trinajstić information content (AvgIpc) is 2.82. The number of carbonyl (C=O) groups excluding carboxylic acids is 2. The van der Waals surface area contributed by atoms with Gasteiger partial charge < -0.3 is 26.0 Å². The van der Waals surface area contributed by atoms with Gasteiger partial charge in [0.05, 0.1) is 5.56 Å². The molecular weight excluding hydrogens is 420 g/mol. The van der Waals surface area contributed by atoms with Gasteiger partial charge in [0.2, 0.25) is 6.41 Å². The fourth-order valence-electron chi connectivity index (χ4n) is 4.38. The van der Waals surface area contributed by atoms with E-state index in [1.807, 2.05) is 43.3 Å². The first-order chi connectivity index (χ1) is 15.8. The van der Waals surface area contributed by atoms with Gasteiger partial charge in [-0.1, -0.05) is 12.1 Å². The minimum atomic E-state index is -1.04. The van der Waals surface area contributed by atoms with Crippen molar-refractivity contribution >= 4 is 29.7 Å². The lowest BCUT2D eigenvalue weighted by Crippen LogP contribution is -2.45. The molecule has 33 heavy (non-hydrogen) atoms. The van der Waals surface area contributed by atoms with E-state index < -0.39 is 12.0 Å². The number of aromatic carboxylic acids is 1. The Labute approximate surface area is 194 Å². The fraction of sp³-hybridized carbons (Fsp3) is 0.400. The first-order valence-electron chi connectivity index (χ1n) is 11.2. The van der Waals surface area contributed by atoms with Crippen LogP contribution in [0.5, 0.6) is 0 Å². The third-order valence-corrected chi connectivity index (χ3v) is 6.34. The zero-order valence-corrected chi connectivity index (χ0v) is 19.1. The van der Waals surface area contributed by atoms with Gasteiger partial charge in [0.1, 0.15) is 6.04 Å². The van der Waals surface area contributed by atoms with Gasteiger partial charge in [-0.15, -0.1) is 0 Å². The van der Waals surface area contributed by atoms with Gasteiger partial charge in [-0.2, -0.15) is 0 Å². The summed E-state index contributed by atoms with van der Waals surface area (Å²) >= 11 is 0. The van der Waals surface area contributed by atoms with Crippen molar-refractivity contribution in [3.05, 3.63) is 59.7 Å². The molecule has 0 radical (unpaired) electrons. The van der Waals surface area contributed by atoms with Gasteiger partial charge >= 0.3 is 5.97 Å². The van der Waals surface area contributed by atoms with Crippen LogP contribution in [-0.2, 0) is 9.59 Å². The maximum absolute atomic E-state index is 13.5. The summed E-state index contributed by atoms with van der Waals surface area (Å²) in [5.41, 5.74) is 8.07. The van der Waals surface area contributed by atoms with E-state index in [1.54, 1.807) is 17.0 Å². The van der Waals surface area contributed by atoms with E-state index >= 15 is 0 Å². The van der Waals surface area contributed by atoms with Crippen LogP contribution < -0.4 is 16.0 Å². The summed E-state index contributed by atoms with van der Waals surface area (Å²) in [4.78, 5) is 40.5. The first-order valence-corrected chi connectivity index (χ1v) is 11.2. The highest BCUT2D eigenvalue weighted by molar-refractivity contribution is 5.97. The third-order valence-electron chi connectivity index (χ3n) is 6.34. The smallest absolute Gasteiger partial charge is 0.335 e. The summed E-state index contributed by atoms with van der Waals surface area (Å²) in [6.07, 6.45) is 4.21. The van der Waals surface area contributed by atoms with E-state index in [0.717, 1.165) is 37.8 Å². The second-order valence-electron chi connectivity index (χ2n) is 8.73. The van der Waals surface area contributed by atoms with Crippen molar-refractivity contribution in [1.29, 1.82) is 0 Å². The van der Waals surface area contributed by atoms with E-state index in [-0.39, 0.29) is 17.5 Å². The summed E-state index contributed by atoms with van der Waals surface area (Å²) in [6, 6.07) is 12.7. The molecule has 8 heteroatoms. The Morgan fingerprint density at radius 2 is 1.79 bits per heavy atom. The molecule has 0 aromatic heterocycles. The van der Waals surface area contributed by atoms with Crippen LogP contribution in [0, 0.1) is 5.92 Å². The Morgan fingerprint density at radius 3 is 2.33 bits per heavy atom. The second-order valence-corrected chi connectivity index (χ2v) is 8.73. The van der Waals surface area contributed by atoms with Crippen molar-refractivity contribution < 1.29 is 19.5 Å². The maximum Gasteiger partial charge on any atom is 0.335 e. The number of rotatable bonds is 9. The van der Waals surface area contributed by atoms with Crippen molar-refractivity contribution in [2.45, 2.75) is 37.8 Å². The monoisotopic (exact) mass is 452 g/mol. The average molecular weight is 453 g/mol. The standard InChI is InChI=1S/C25H32N4O4/c1-28(2)22-5-3-4-19(14-22)23(29(16-30)21-12-6-17(15-26)7-13-21)24(31)27-20-10-8-18(9-11-20)25(32)33/h3-5,8-11,14,16-17,21,23H,6-7,12-13,15,26H2,1-2H3,(H,27,31)(H,32,33)/t17?,21?,23-/m0/s1. The Balaban J connectivity index is 1.92. The highest BCUT2D eigenvalue weighted by Crippen LogP contribution is 2.33. The van der Waals surface area contributed by atoms with Crippen LogP contribution >= 0.6 is 0 Å². The molecule has 1 saturated carbocycles. The molecule has 3 rings (SSSR count). The molecule has 0 heterocycles. The topological polar surface area (TPSA) is 116 Å². The number of carboxylic acid groups (broad SMARTS) is 1. The van der Waals surface area contributed by atoms with Gasteiger partial charge in [0.15, 0.2) is 0 Å². The molecule has 8 nitrogen and oxygen atoms in total. The Kier molecular flexibility index (Phi) is 8.06. The predicted molar refractivity (Wildman–Crippen MR) is 128 cm³/mol. The normalized spacial score (nSPS) is 18.8. The largest absolute Gasteiger partial charge is 0.478 e. The van der Waals surface area contributed by atoms with Crippen LogP contribution in [-0.4, -0.2) is 55.0 Å². The molecule has 2 amide bonds. The van der Waals surface area contributed by atoms with Gasteiger partial charge in [-0.25, -0.2) is 4.79 Å². The molecule has 176 valence electrons. The van der Waals surface area contributed by atoms with Crippen molar-refractivity contribution in [2.75, 3.05) is 30.9 Å². The lowest BCUT2D eigenvalue weighted by atomic mass is 9.84. The summed E-state index contributed by atoms with van der Waals surface area (Å²) in [5, 5.41) is 12.0. The number of hydrogen-bond donors (Lipinski definition) is 3. The molecule has 1 fully saturated rings. The molecule has 4 N–H and O–H groups in total. The van der Waals surface area contributed by atoms with Crippen LogP contribution in [0.15, 0.2) is 48.5 Å². The molecule has 0 bridgehead atoms. The van der Waals surface area contributed by atoms with Crippen LogP contribution in [0.4, 0.5) is 11.4 Å². The molecule has 1 aliphatic rings. The summed E-state index contributed by atoms with van der Waals surface area (Å²) < 4.78 is 0. The van der Waals surface area contributed by atoms with Gasteiger partial charge in [0.25, 0.3) is 5.91 Å². The fourth-order valence-corrected chi connectivity index (χ4v) is 4.38. The molecule has 0 saturated heterocycles. The number of hydrogen-bond acceptors (Lipinski definition) is 5. The SMILES string of the molecule is CN(C)c1cccc([C@@H](C(=O)Nc2ccc(C(=O)O)cc2)N(C=O)C2CCC(CN)CC2)c1. The Morgan fingerprint density at radius 1 is 1.12 bits per heavy atom. The lowest BCUT2D eigenvalue weighted by Gasteiger charge is -2.38. The van der Waals surface area contributed by atoms with Crippen LogP contribution in [0.3, 0.4) is 0 Å². The van der Waals surface area contributed by atoms with Crippen LogP contribution in [0.2, 0.25) is 0 Å². The maximum atomic E-state index is 13.5. The summed E-state index contributed by atoms with van der Waals surface area (Å²) in [5.74, 6) is -0.930. The van der Waals surface area contributed by atoms with Crippen molar-refractivity contribution in [3.8, 4) is 0 Å². The number of nitrogens with two attached hydrogens (primary N) is 1. The van der Waals surface area contributed by atoms with E-state index in [9.17, 15) is 14.4 Å². The molecular formula is C25H32N4O4. The van der Waals surface area contributed by atoms with E-state index in [2.05, 4.69) is 5.32 Å². The number of nitrogens with one attached hydrogen (secondary N) is 1. The predicted octanol–water partition coefficient (Wildman–Crippen LogP) is 3.11. The molecule has 0 unspecified atom stereocenters. The third kappa shape index (κ3) is 5.90. The highest BCUT2D eigenvalue weighted by atomic mass is 16.4. The Hall–Kier alpha value is -3.39. The van der Waals surface area contributed by atoms with E-state index in [1.165, 1.54) is 12.1 Å².